The van der Waals surface area contributed by atoms with Gasteiger partial charge in [0.25, 0.3) is 0 Å². The van der Waals surface area contributed by atoms with Gasteiger partial charge in [-0.1, -0.05) is 33.1 Å². The normalized spacial score (nSPS) is 18.8. The summed E-state index contributed by atoms with van der Waals surface area (Å²) in [6.07, 6.45) is 4.05. The van der Waals surface area contributed by atoms with E-state index in [0.29, 0.717) is 6.42 Å². The summed E-state index contributed by atoms with van der Waals surface area (Å²) in [5.41, 5.74) is -0.868. The van der Waals surface area contributed by atoms with Crippen molar-refractivity contribution in [3.63, 3.8) is 0 Å². The van der Waals surface area contributed by atoms with Crippen LogP contribution in [0.1, 0.15) is 46.5 Å². The average molecular weight is 174 g/mol. The highest BCUT2D eigenvalue weighted by Crippen LogP contribution is 2.17. The monoisotopic (exact) mass is 174 g/mol. The molecule has 0 saturated carbocycles. The van der Waals surface area contributed by atoms with E-state index in [-0.39, 0.29) is 6.61 Å². The van der Waals surface area contributed by atoms with Crippen LogP contribution in [0.25, 0.3) is 0 Å². The van der Waals surface area contributed by atoms with Crippen LogP contribution in [0, 0.1) is 5.92 Å². The lowest BCUT2D eigenvalue weighted by atomic mass is 9.95. The molecule has 0 bridgehead atoms. The predicted octanol–water partition coefficient (Wildman–Crippen LogP) is 1.95. The van der Waals surface area contributed by atoms with E-state index in [1.54, 1.807) is 6.92 Å². The van der Waals surface area contributed by atoms with E-state index in [4.69, 9.17) is 5.11 Å². The highest BCUT2D eigenvalue weighted by Gasteiger charge is 2.18. The molecule has 74 valence electrons. The van der Waals surface area contributed by atoms with E-state index in [9.17, 15) is 5.11 Å². The van der Waals surface area contributed by atoms with Crippen molar-refractivity contribution in [3.8, 4) is 0 Å². The van der Waals surface area contributed by atoms with Gasteiger partial charge in [0.05, 0.1) is 12.2 Å². The summed E-state index contributed by atoms with van der Waals surface area (Å²) in [6, 6.07) is 0. The van der Waals surface area contributed by atoms with Gasteiger partial charge in [-0.2, -0.15) is 0 Å². The lowest BCUT2D eigenvalue weighted by Crippen LogP contribution is -2.28. The first-order valence-electron chi connectivity index (χ1n) is 4.85. The van der Waals surface area contributed by atoms with Crippen LogP contribution in [-0.2, 0) is 0 Å². The van der Waals surface area contributed by atoms with Crippen molar-refractivity contribution < 1.29 is 10.2 Å². The molecule has 2 N–H and O–H groups in total. The highest BCUT2D eigenvalue weighted by molar-refractivity contribution is 4.70. The van der Waals surface area contributed by atoms with Crippen molar-refractivity contribution in [1.82, 2.24) is 0 Å². The fourth-order valence-corrected chi connectivity index (χ4v) is 1.11. The molecule has 12 heavy (non-hydrogen) atoms. The van der Waals surface area contributed by atoms with Gasteiger partial charge >= 0.3 is 0 Å². The lowest BCUT2D eigenvalue weighted by Gasteiger charge is -2.20. The van der Waals surface area contributed by atoms with Crippen LogP contribution in [0.15, 0.2) is 0 Å². The number of hydrogen-bond acceptors (Lipinski definition) is 2. The summed E-state index contributed by atoms with van der Waals surface area (Å²) in [5.74, 6) is 0.736. The largest absolute Gasteiger partial charge is 0.393 e. The first-order valence-corrected chi connectivity index (χ1v) is 4.85. The zero-order chi connectivity index (χ0) is 9.61. The number of hydrogen-bond donors (Lipinski definition) is 2. The smallest absolute Gasteiger partial charge is 0.0849 e. The van der Waals surface area contributed by atoms with Crippen LogP contribution in [0.5, 0.6) is 0 Å². The van der Waals surface area contributed by atoms with Gasteiger partial charge in [-0.15, -0.1) is 0 Å². The topological polar surface area (TPSA) is 40.5 Å². The molecule has 0 aromatic heterocycles. The quantitative estimate of drug-likeness (QED) is 0.646. The third kappa shape index (κ3) is 5.56. The van der Waals surface area contributed by atoms with E-state index < -0.39 is 5.60 Å². The molecule has 0 aromatic carbocycles. The molecule has 0 amide bonds. The minimum Gasteiger partial charge on any atom is -0.393 e. The maximum Gasteiger partial charge on any atom is 0.0849 e. The minimum absolute atomic E-state index is 0.131. The molecule has 0 aliphatic heterocycles. The zero-order valence-electron chi connectivity index (χ0n) is 8.51. The molecule has 0 aliphatic rings. The Morgan fingerprint density at radius 3 is 2.42 bits per heavy atom. The first-order chi connectivity index (χ1) is 5.52. The Labute approximate surface area is 75.6 Å². The molecule has 0 radical (unpaired) electrons. The average Bonchev–Trinajstić information content (AvgIpc) is 2.04. The summed E-state index contributed by atoms with van der Waals surface area (Å²) in [6.45, 7) is 5.94. The van der Waals surface area contributed by atoms with Crippen LogP contribution in [0.4, 0.5) is 0 Å². The second-order valence-electron chi connectivity index (χ2n) is 4.06. The van der Waals surface area contributed by atoms with Crippen molar-refractivity contribution >= 4 is 0 Å². The van der Waals surface area contributed by atoms with E-state index in [1.165, 1.54) is 6.42 Å². The van der Waals surface area contributed by atoms with Crippen molar-refractivity contribution in [2.24, 2.45) is 5.92 Å². The molecule has 0 aliphatic carbocycles. The number of rotatable bonds is 6. The van der Waals surface area contributed by atoms with E-state index in [0.717, 1.165) is 18.8 Å². The van der Waals surface area contributed by atoms with Gasteiger partial charge < -0.3 is 10.2 Å². The van der Waals surface area contributed by atoms with Gasteiger partial charge in [-0.3, -0.25) is 0 Å². The van der Waals surface area contributed by atoms with Crippen molar-refractivity contribution in [1.29, 1.82) is 0 Å². The Balaban J connectivity index is 3.42. The second kappa shape index (κ2) is 5.55. The Kier molecular flexibility index (Phi) is 5.51. The summed E-state index contributed by atoms with van der Waals surface area (Å²) in [7, 11) is 0. The van der Waals surface area contributed by atoms with Crippen LogP contribution < -0.4 is 0 Å². The van der Waals surface area contributed by atoms with Crippen LogP contribution in [0.2, 0.25) is 0 Å². The fourth-order valence-electron chi connectivity index (χ4n) is 1.11. The molecule has 2 atom stereocenters. The number of aliphatic hydroxyl groups is 2. The summed E-state index contributed by atoms with van der Waals surface area (Å²) < 4.78 is 0. The molecular weight excluding hydrogens is 152 g/mol. The Bertz CT molecular complexity index is 110. The SMILES string of the molecule is CCC(C)CCCC(C)(O)CO. The summed E-state index contributed by atoms with van der Waals surface area (Å²) in [4.78, 5) is 0. The van der Waals surface area contributed by atoms with Gasteiger partial charge in [-0.25, -0.2) is 0 Å². The number of aliphatic hydroxyl groups excluding tert-OH is 1. The lowest BCUT2D eigenvalue weighted by molar-refractivity contribution is -0.00752. The minimum atomic E-state index is -0.868. The zero-order valence-corrected chi connectivity index (χ0v) is 8.51. The molecule has 2 heteroatoms. The maximum atomic E-state index is 9.46. The Hall–Kier alpha value is -0.0800. The molecule has 0 heterocycles. The molecule has 0 saturated heterocycles. The van der Waals surface area contributed by atoms with Gasteiger partial charge in [0.2, 0.25) is 0 Å². The summed E-state index contributed by atoms with van der Waals surface area (Å²) >= 11 is 0. The van der Waals surface area contributed by atoms with E-state index in [2.05, 4.69) is 13.8 Å². The van der Waals surface area contributed by atoms with Crippen molar-refractivity contribution in [3.05, 3.63) is 0 Å². The van der Waals surface area contributed by atoms with Crippen LogP contribution >= 0.6 is 0 Å². The molecule has 2 unspecified atom stereocenters. The molecular formula is C10H22O2. The molecule has 0 fully saturated rings. The van der Waals surface area contributed by atoms with Gasteiger partial charge in [0.1, 0.15) is 0 Å². The van der Waals surface area contributed by atoms with E-state index in [1.807, 2.05) is 0 Å². The van der Waals surface area contributed by atoms with Crippen LogP contribution in [0.3, 0.4) is 0 Å². The second-order valence-corrected chi connectivity index (χ2v) is 4.06. The third-order valence-electron chi connectivity index (χ3n) is 2.45. The fraction of sp³-hybridized carbons (Fsp3) is 1.00. The van der Waals surface area contributed by atoms with Crippen LogP contribution in [-0.4, -0.2) is 22.4 Å². The van der Waals surface area contributed by atoms with Crippen molar-refractivity contribution in [2.45, 2.75) is 52.1 Å². The highest BCUT2D eigenvalue weighted by atomic mass is 16.3. The predicted molar refractivity (Wildman–Crippen MR) is 51.0 cm³/mol. The van der Waals surface area contributed by atoms with Gasteiger partial charge in [0, 0.05) is 0 Å². The first kappa shape index (κ1) is 11.9. The van der Waals surface area contributed by atoms with Gasteiger partial charge in [0.15, 0.2) is 0 Å². The molecule has 0 spiro atoms. The molecule has 0 rings (SSSR count). The summed E-state index contributed by atoms with van der Waals surface area (Å²) in [5, 5.41) is 18.2. The van der Waals surface area contributed by atoms with E-state index >= 15 is 0 Å². The standard InChI is InChI=1S/C10H22O2/c1-4-9(2)6-5-7-10(3,12)8-11/h9,11-12H,4-8H2,1-3H3. The third-order valence-corrected chi connectivity index (χ3v) is 2.45. The Morgan fingerprint density at radius 1 is 1.42 bits per heavy atom. The Morgan fingerprint density at radius 2 is 2.00 bits per heavy atom. The maximum absolute atomic E-state index is 9.46. The van der Waals surface area contributed by atoms with Gasteiger partial charge in [-0.05, 0) is 19.3 Å². The molecule has 0 aromatic rings. The molecule has 2 nitrogen and oxygen atoms in total. The van der Waals surface area contributed by atoms with Crippen molar-refractivity contribution in [2.75, 3.05) is 6.61 Å².